The van der Waals surface area contributed by atoms with Gasteiger partial charge >= 0.3 is 0 Å². The van der Waals surface area contributed by atoms with Gasteiger partial charge < -0.3 is 4.90 Å². The van der Waals surface area contributed by atoms with Crippen molar-refractivity contribution in [2.24, 2.45) is 0 Å². The Hall–Kier alpha value is -0.580. The van der Waals surface area contributed by atoms with E-state index >= 15 is 0 Å². The number of alkyl halides is 1. The van der Waals surface area contributed by atoms with Crippen LogP contribution < -0.4 is 0 Å². The van der Waals surface area contributed by atoms with Crippen molar-refractivity contribution in [2.45, 2.75) is 18.8 Å². The molecule has 1 amide bonds. The number of amides is 1. The smallest absolute Gasteiger partial charge is 0.240 e. The molecule has 0 aliphatic carbocycles. The zero-order chi connectivity index (χ0) is 12.3. The average Bonchev–Trinajstić information content (AvgIpc) is 2.82. The third-order valence-corrected chi connectivity index (χ3v) is 3.93. The second kappa shape index (κ2) is 5.85. The minimum absolute atomic E-state index is 0.0573. The van der Waals surface area contributed by atoms with Crippen molar-refractivity contribution in [3.63, 3.8) is 0 Å². The molecule has 5 heteroatoms. The van der Waals surface area contributed by atoms with Gasteiger partial charge in [0.25, 0.3) is 0 Å². The number of halogens is 1. The molecular weight excluding hydrogens is 256 g/mol. The lowest BCUT2D eigenvalue weighted by Crippen LogP contribution is -2.49. The highest BCUT2D eigenvalue weighted by Crippen LogP contribution is 2.12. The molecule has 0 bridgehead atoms. The van der Waals surface area contributed by atoms with Crippen LogP contribution in [0.5, 0.6) is 0 Å². The summed E-state index contributed by atoms with van der Waals surface area (Å²) in [6.45, 7) is 6.18. The van der Waals surface area contributed by atoms with Crippen LogP contribution in [-0.4, -0.2) is 47.3 Å². The molecule has 1 fully saturated rings. The Bertz CT molecular complexity index is 359. The molecule has 0 N–H and O–H groups in total. The van der Waals surface area contributed by atoms with Gasteiger partial charge in [0.05, 0.1) is 0 Å². The second-order valence-electron chi connectivity index (χ2n) is 4.35. The number of thiophene rings is 1. The number of nitrogens with zero attached hydrogens (tertiary/aromatic N) is 2. The van der Waals surface area contributed by atoms with Gasteiger partial charge in [-0.1, -0.05) is 0 Å². The minimum atomic E-state index is -0.404. The van der Waals surface area contributed by atoms with E-state index in [9.17, 15) is 4.79 Å². The van der Waals surface area contributed by atoms with Crippen molar-refractivity contribution < 1.29 is 4.79 Å². The first-order chi connectivity index (χ1) is 8.16. The van der Waals surface area contributed by atoms with Gasteiger partial charge in [0, 0.05) is 32.7 Å². The Labute approximate surface area is 111 Å². The quantitative estimate of drug-likeness (QED) is 0.786. The highest BCUT2D eigenvalue weighted by atomic mass is 35.5. The molecule has 0 aromatic carbocycles. The van der Waals surface area contributed by atoms with Gasteiger partial charge in [-0.25, -0.2) is 0 Å². The Morgan fingerprint density at radius 3 is 2.71 bits per heavy atom. The number of carbonyl (C=O) groups is 1. The van der Waals surface area contributed by atoms with Crippen molar-refractivity contribution >= 4 is 28.8 Å². The zero-order valence-corrected chi connectivity index (χ0v) is 11.5. The predicted molar refractivity (Wildman–Crippen MR) is 71.5 cm³/mol. The Morgan fingerprint density at radius 1 is 1.47 bits per heavy atom. The topological polar surface area (TPSA) is 23.6 Å². The summed E-state index contributed by atoms with van der Waals surface area (Å²) < 4.78 is 0. The number of piperazine rings is 1. The number of hydrogen-bond donors (Lipinski definition) is 0. The molecule has 0 radical (unpaired) electrons. The van der Waals surface area contributed by atoms with E-state index in [1.165, 1.54) is 5.56 Å². The summed E-state index contributed by atoms with van der Waals surface area (Å²) in [5.41, 5.74) is 1.36. The number of carbonyl (C=O) groups excluding carboxylic acids is 1. The summed E-state index contributed by atoms with van der Waals surface area (Å²) in [5.74, 6) is 0.0573. The number of hydrogen-bond acceptors (Lipinski definition) is 3. The van der Waals surface area contributed by atoms with Crippen molar-refractivity contribution in [2.75, 3.05) is 26.2 Å². The van der Waals surface area contributed by atoms with E-state index < -0.39 is 5.38 Å². The molecule has 0 spiro atoms. The van der Waals surface area contributed by atoms with E-state index in [1.54, 1.807) is 18.3 Å². The summed E-state index contributed by atoms with van der Waals surface area (Å²) in [6.07, 6.45) is 0. The van der Waals surface area contributed by atoms with Gasteiger partial charge in [0.2, 0.25) is 5.91 Å². The largest absolute Gasteiger partial charge is 0.339 e. The highest BCUT2D eigenvalue weighted by molar-refractivity contribution is 7.07. The van der Waals surface area contributed by atoms with Crippen LogP contribution in [0.2, 0.25) is 0 Å². The summed E-state index contributed by atoms with van der Waals surface area (Å²) in [6, 6.07) is 2.16. The molecule has 1 aromatic heterocycles. The van der Waals surface area contributed by atoms with Gasteiger partial charge in [-0.05, 0) is 29.3 Å². The van der Waals surface area contributed by atoms with Gasteiger partial charge in [-0.2, -0.15) is 11.3 Å². The van der Waals surface area contributed by atoms with Crippen LogP contribution in [-0.2, 0) is 11.3 Å². The van der Waals surface area contributed by atoms with Crippen molar-refractivity contribution in [3.8, 4) is 0 Å². The SMILES string of the molecule is CC(Cl)C(=O)N1CCN(Cc2ccsc2)CC1. The lowest BCUT2D eigenvalue weighted by Gasteiger charge is -2.35. The summed E-state index contributed by atoms with van der Waals surface area (Å²) >= 11 is 7.54. The van der Waals surface area contributed by atoms with Crippen molar-refractivity contribution in [1.29, 1.82) is 0 Å². The Morgan fingerprint density at radius 2 is 2.18 bits per heavy atom. The zero-order valence-electron chi connectivity index (χ0n) is 9.93. The third-order valence-electron chi connectivity index (χ3n) is 3.01. The van der Waals surface area contributed by atoms with Crippen LogP contribution in [0.1, 0.15) is 12.5 Å². The van der Waals surface area contributed by atoms with Gasteiger partial charge in [-0.3, -0.25) is 9.69 Å². The maximum Gasteiger partial charge on any atom is 0.240 e. The third kappa shape index (κ3) is 3.44. The monoisotopic (exact) mass is 272 g/mol. The van der Waals surface area contributed by atoms with Gasteiger partial charge in [-0.15, -0.1) is 11.6 Å². The van der Waals surface area contributed by atoms with Gasteiger partial charge in [0.1, 0.15) is 5.38 Å². The molecule has 2 rings (SSSR count). The fraction of sp³-hybridized carbons (Fsp3) is 0.583. The Kier molecular flexibility index (Phi) is 4.42. The molecule has 1 unspecified atom stereocenters. The first-order valence-electron chi connectivity index (χ1n) is 5.83. The van der Waals surface area contributed by atoms with E-state index in [0.717, 1.165) is 32.7 Å². The average molecular weight is 273 g/mol. The van der Waals surface area contributed by atoms with E-state index in [2.05, 4.69) is 21.7 Å². The molecule has 1 aliphatic heterocycles. The van der Waals surface area contributed by atoms with E-state index in [-0.39, 0.29) is 5.91 Å². The summed E-state index contributed by atoms with van der Waals surface area (Å²) in [5, 5.41) is 3.88. The fourth-order valence-electron chi connectivity index (χ4n) is 2.02. The molecular formula is C12H17ClN2OS. The van der Waals surface area contributed by atoms with Crippen molar-refractivity contribution in [3.05, 3.63) is 22.4 Å². The first kappa shape index (κ1) is 12.9. The molecule has 1 aliphatic rings. The van der Waals surface area contributed by atoms with Crippen LogP contribution in [0.4, 0.5) is 0 Å². The van der Waals surface area contributed by atoms with E-state index in [1.807, 2.05) is 4.90 Å². The fourth-order valence-corrected chi connectivity index (χ4v) is 2.82. The van der Waals surface area contributed by atoms with Crippen molar-refractivity contribution in [1.82, 2.24) is 9.80 Å². The first-order valence-corrected chi connectivity index (χ1v) is 7.21. The molecule has 0 saturated carbocycles. The van der Waals surface area contributed by atoms with Crippen LogP contribution in [0, 0.1) is 0 Å². The number of rotatable bonds is 3. The molecule has 3 nitrogen and oxygen atoms in total. The summed E-state index contributed by atoms with van der Waals surface area (Å²) in [4.78, 5) is 15.9. The standard InChI is InChI=1S/C12H17ClN2OS/c1-10(13)12(16)15-5-3-14(4-6-15)8-11-2-7-17-9-11/h2,7,9-10H,3-6,8H2,1H3. The molecule has 2 heterocycles. The highest BCUT2D eigenvalue weighted by Gasteiger charge is 2.23. The van der Waals surface area contributed by atoms with Crippen LogP contribution >= 0.6 is 22.9 Å². The lowest BCUT2D eigenvalue weighted by atomic mass is 10.2. The van der Waals surface area contributed by atoms with Gasteiger partial charge in [0.15, 0.2) is 0 Å². The molecule has 1 saturated heterocycles. The molecule has 94 valence electrons. The van der Waals surface area contributed by atoms with E-state index in [4.69, 9.17) is 11.6 Å². The maximum atomic E-state index is 11.7. The minimum Gasteiger partial charge on any atom is -0.339 e. The molecule has 17 heavy (non-hydrogen) atoms. The molecule has 1 atom stereocenters. The predicted octanol–water partition coefficient (Wildman–Crippen LogP) is 2.02. The Balaban J connectivity index is 1.80. The van der Waals surface area contributed by atoms with Crippen LogP contribution in [0.15, 0.2) is 16.8 Å². The van der Waals surface area contributed by atoms with Crippen LogP contribution in [0.25, 0.3) is 0 Å². The normalized spacial score (nSPS) is 19.3. The van der Waals surface area contributed by atoms with E-state index in [0.29, 0.717) is 0 Å². The summed E-state index contributed by atoms with van der Waals surface area (Å²) in [7, 11) is 0. The maximum absolute atomic E-state index is 11.7. The lowest BCUT2D eigenvalue weighted by molar-refractivity contribution is -0.132. The second-order valence-corrected chi connectivity index (χ2v) is 5.78. The molecule has 1 aromatic rings. The van der Waals surface area contributed by atoms with Crippen LogP contribution in [0.3, 0.4) is 0 Å².